The Morgan fingerprint density at radius 2 is 2.54 bits per heavy atom. The van der Waals surface area contributed by atoms with Gasteiger partial charge < -0.3 is 4.57 Å². The number of aryl methyl sites for hydroxylation is 1. The second-order valence-electron chi connectivity index (χ2n) is 3.32. The maximum Gasteiger partial charge on any atom is 0.195 e. The Hall–Kier alpha value is -0.290. The number of nitrogens with zero attached hydrogens (tertiary/aromatic N) is 2. The van der Waals surface area contributed by atoms with Crippen molar-refractivity contribution in [2.24, 2.45) is 0 Å². The highest BCUT2D eigenvalue weighted by Gasteiger charge is 2.17. The molecule has 1 N–H and O–H groups in total. The highest BCUT2D eigenvalue weighted by Crippen LogP contribution is 2.27. The average molecular weight is 215 g/mol. The normalized spacial score (nSPS) is 23.3. The molecule has 13 heavy (non-hydrogen) atoms. The van der Waals surface area contributed by atoms with E-state index >= 15 is 0 Å². The van der Waals surface area contributed by atoms with Crippen LogP contribution in [0.1, 0.15) is 24.7 Å². The summed E-state index contributed by atoms with van der Waals surface area (Å²) in [6, 6.07) is 0.560. The topological polar surface area (TPSA) is 33.6 Å². The van der Waals surface area contributed by atoms with Crippen LogP contribution in [0.3, 0.4) is 0 Å². The monoisotopic (exact) mass is 215 g/mol. The Kier molecular flexibility index (Phi) is 2.74. The smallest absolute Gasteiger partial charge is 0.195 e. The molecule has 1 aliphatic rings. The van der Waals surface area contributed by atoms with E-state index in [1.54, 1.807) is 0 Å². The Balaban J connectivity index is 2.27. The molecule has 3 nitrogen and oxygen atoms in total. The molecule has 2 heterocycles. The first kappa shape index (κ1) is 9.27. The first-order chi connectivity index (χ1) is 6.29. The molecule has 72 valence electrons. The van der Waals surface area contributed by atoms with E-state index in [1.807, 2.05) is 18.7 Å². The molecule has 0 radical (unpaired) electrons. The summed E-state index contributed by atoms with van der Waals surface area (Å²) < 4.78 is 2.92. The van der Waals surface area contributed by atoms with Crippen LogP contribution in [-0.2, 0) is 0 Å². The first-order valence-corrected chi connectivity index (χ1v) is 6.06. The van der Waals surface area contributed by atoms with E-state index in [0.717, 1.165) is 10.6 Å². The van der Waals surface area contributed by atoms with Gasteiger partial charge in [-0.1, -0.05) is 0 Å². The van der Waals surface area contributed by atoms with Gasteiger partial charge in [0.25, 0.3) is 0 Å². The van der Waals surface area contributed by atoms with Gasteiger partial charge in [-0.05, 0) is 37.7 Å². The summed E-state index contributed by atoms with van der Waals surface area (Å²) in [6.07, 6.45) is 2.53. The summed E-state index contributed by atoms with van der Waals surface area (Å²) in [5.41, 5.74) is 0. The van der Waals surface area contributed by atoms with Crippen molar-refractivity contribution in [1.82, 2.24) is 14.8 Å². The van der Waals surface area contributed by atoms with E-state index in [0.29, 0.717) is 6.04 Å². The van der Waals surface area contributed by atoms with Crippen LogP contribution in [0, 0.1) is 11.7 Å². The molecule has 1 unspecified atom stereocenters. The minimum atomic E-state index is 0.560. The number of aromatic nitrogens is 3. The predicted octanol–water partition coefficient (Wildman–Crippen LogP) is 2.32. The van der Waals surface area contributed by atoms with Crippen LogP contribution in [0.2, 0.25) is 0 Å². The van der Waals surface area contributed by atoms with Gasteiger partial charge in [0, 0.05) is 11.8 Å². The largest absolute Gasteiger partial charge is 0.300 e. The summed E-state index contributed by atoms with van der Waals surface area (Å²) in [7, 11) is 0. The van der Waals surface area contributed by atoms with Crippen LogP contribution in [0.5, 0.6) is 0 Å². The standard InChI is InChI=1S/C8H13N3S2/c1-6-9-10-8(12)11(6)7-3-2-4-13-5-7/h7H,2-5H2,1H3,(H,10,12). The summed E-state index contributed by atoms with van der Waals surface area (Å²) in [6.45, 7) is 2.01. The third kappa shape index (κ3) is 1.81. The number of rotatable bonds is 1. The zero-order valence-electron chi connectivity index (χ0n) is 7.62. The van der Waals surface area contributed by atoms with Crippen molar-refractivity contribution in [3.8, 4) is 0 Å². The van der Waals surface area contributed by atoms with Gasteiger partial charge in [0.15, 0.2) is 4.77 Å². The third-order valence-electron chi connectivity index (χ3n) is 2.38. The quantitative estimate of drug-likeness (QED) is 0.730. The number of nitrogens with one attached hydrogen (secondary N) is 1. The fourth-order valence-corrected chi connectivity index (χ4v) is 3.19. The number of H-pyrrole nitrogens is 1. The van der Waals surface area contributed by atoms with Gasteiger partial charge in [0.1, 0.15) is 5.82 Å². The van der Waals surface area contributed by atoms with Crippen LogP contribution in [-0.4, -0.2) is 26.3 Å². The van der Waals surface area contributed by atoms with Gasteiger partial charge in [0.05, 0.1) is 0 Å². The molecule has 0 aliphatic carbocycles. The maximum atomic E-state index is 5.19. The Bertz CT molecular complexity index is 335. The van der Waals surface area contributed by atoms with Gasteiger partial charge in [0.2, 0.25) is 0 Å². The van der Waals surface area contributed by atoms with E-state index in [9.17, 15) is 0 Å². The molecule has 0 saturated carbocycles. The number of hydrogen-bond acceptors (Lipinski definition) is 3. The molecule has 1 aromatic heterocycles. The predicted molar refractivity (Wildman–Crippen MR) is 57.7 cm³/mol. The van der Waals surface area contributed by atoms with Gasteiger partial charge in [-0.2, -0.15) is 16.9 Å². The van der Waals surface area contributed by atoms with E-state index in [4.69, 9.17) is 12.2 Å². The number of thioether (sulfide) groups is 1. The van der Waals surface area contributed by atoms with Gasteiger partial charge in [-0.15, -0.1) is 0 Å². The molecule has 0 amide bonds. The number of hydrogen-bond donors (Lipinski definition) is 1. The van der Waals surface area contributed by atoms with E-state index in [2.05, 4.69) is 14.8 Å². The molecule has 2 rings (SSSR count). The lowest BCUT2D eigenvalue weighted by Gasteiger charge is -2.22. The van der Waals surface area contributed by atoms with Crippen molar-refractivity contribution >= 4 is 24.0 Å². The molecule has 1 aromatic rings. The SMILES string of the molecule is Cc1n[nH]c(=S)n1C1CCCSC1. The Morgan fingerprint density at radius 3 is 3.08 bits per heavy atom. The lowest BCUT2D eigenvalue weighted by molar-refractivity contribution is 0.484. The molecule has 1 aliphatic heterocycles. The van der Waals surface area contributed by atoms with Crippen LogP contribution in [0.25, 0.3) is 0 Å². The van der Waals surface area contributed by atoms with Crippen molar-refractivity contribution in [2.75, 3.05) is 11.5 Å². The fraction of sp³-hybridized carbons (Fsp3) is 0.750. The highest BCUT2D eigenvalue weighted by atomic mass is 32.2. The van der Waals surface area contributed by atoms with Crippen molar-refractivity contribution < 1.29 is 0 Å². The summed E-state index contributed by atoms with van der Waals surface area (Å²) in [5, 5.41) is 6.97. The fourth-order valence-electron chi connectivity index (χ4n) is 1.74. The van der Waals surface area contributed by atoms with Crippen LogP contribution < -0.4 is 0 Å². The summed E-state index contributed by atoms with van der Waals surface area (Å²) in [5.74, 6) is 3.48. The van der Waals surface area contributed by atoms with Crippen molar-refractivity contribution in [2.45, 2.75) is 25.8 Å². The molecule has 0 spiro atoms. The molecule has 0 bridgehead atoms. The molecular formula is C8H13N3S2. The van der Waals surface area contributed by atoms with Crippen molar-refractivity contribution in [3.63, 3.8) is 0 Å². The number of aromatic amines is 1. The lowest BCUT2D eigenvalue weighted by atomic mass is 10.2. The minimum absolute atomic E-state index is 0.560. The zero-order chi connectivity index (χ0) is 9.26. The second-order valence-corrected chi connectivity index (χ2v) is 4.85. The van der Waals surface area contributed by atoms with Crippen LogP contribution in [0.4, 0.5) is 0 Å². The molecule has 0 aromatic carbocycles. The summed E-state index contributed by atoms with van der Waals surface area (Å²) >= 11 is 7.20. The van der Waals surface area contributed by atoms with Crippen LogP contribution in [0.15, 0.2) is 0 Å². The second kappa shape index (κ2) is 3.84. The van der Waals surface area contributed by atoms with E-state index in [-0.39, 0.29) is 0 Å². The van der Waals surface area contributed by atoms with Gasteiger partial charge >= 0.3 is 0 Å². The van der Waals surface area contributed by atoms with Gasteiger partial charge in [-0.25, -0.2) is 0 Å². The van der Waals surface area contributed by atoms with E-state index in [1.165, 1.54) is 24.3 Å². The Labute approximate surface area is 86.9 Å². The summed E-state index contributed by atoms with van der Waals surface area (Å²) in [4.78, 5) is 0. The molecule has 5 heteroatoms. The van der Waals surface area contributed by atoms with Crippen LogP contribution >= 0.6 is 24.0 Å². The van der Waals surface area contributed by atoms with Gasteiger partial charge in [-0.3, -0.25) is 5.10 Å². The molecule has 1 atom stereocenters. The molecular weight excluding hydrogens is 202 g/mol. The third-order valence-corrected chi connectivity index (χ3v) is 3.87. The molecule has 1 fully saturated rings. The Morgan fingerprint density at radius 1 is 1.69 bits per heavy atom. The van der Waals surface area contributed by atoms with E-state index < -0.39 is 0 Å². The zero-order valence-corrected chi connectivity index (χ0v) is 9.25. The van der Waals surface area contributed by atoms with Crippen molar-refractivity contribution in [3.05, 3.63) is 10.6 Å². The maximum absolute atomic E-state index is 5.19. The minimum Gasteiger partial charge on any atom is -0.300 e. The first-order valence-electron chi connectivity index (χ1n) is 4.50. The highest BCUT2D eigenvalue weighted by molar-refractivity contribution is 7.99. The average Bonchev–Trinajstić information content (AvgIpc) is 2.48. The molecule has 1 saturated heterocycles. The lowest BCUT2D eigenvalue weighted by Crippen LogP contribution is -2.17. The van der Waals surface area contributed by atoms with Crippen molar-refractivity contribution in [1.29, 1.82) is 0 Å².